The maximum absolute atomic E-state index is 12.8. The highest BCUT2D eigenvalue weighted by atomic mass is 35.5. The second kappa shape index (κ2) is 7.37. The molecule has 27 heavy (non-hydrogen) atoms. The number of Topliss-reactive ketones (excluding diaryl/α,β-unsaturated/α-hetero) is 1. The molecule has 0 bridgehead atoms. The molecule has 0 radical (unpaired) electrons. The van der Waals surface area contributed by atoms with Crippen LogP contribution in [0.1, 0.15) is 22.6 Å². The molecular weight excluding hydrogens is 383 g/mol. The van der Waals surface area contributed by atoms with Crippen LogP contribution < -0.4 is 9.30 Å². The summed E-state index contributed by atoms with van der Waals surface area (Å²) in [5, 5.41) is 0.912. The van der Waals surface area contributed by atoms with Crippen molar-refractivity contribution in [3.8, 4) is 17.0 Å². The fourth-order valence-electron chi connectivity index (χ4n) is 3.59. The van der Waals surface area contributed by atoms with Crippen LogP contribution >= 0.6 is 23.2 Å². The van der Waals surface area contributed by atoms with Gasteiger partial charge in [0.05, 0.1) is 25.1 Å². The lowest BCUT2D eigenvalue weighted by Gasteiger charge is -2.03. The number of ether oxygens (including phenoxy) is 1. The SMILES string of the molecule is COc1ccc(-c2c[n+](CC(=O)c3ccc(Cl)cc3Cl)c3n2CCC3)cc1. The number of hydrogen-bond donors (Lipinski definition) is 0. The van der Waals surface area contributed by atoms with E-state index in [1.54, 1.807) is 25.3 Å². The molecule has 0 saturated heterocycles. The lowest BCUT2D eigenvalue weighted by atomic mass is 10.1. The van der Waals surface area contributed by atoms with E-state index >= 15 is 0 Å². The number of hydrogen-bond acceptors (Lipinski definition) is 2. The molecule has 0 unspecified atom stereocenters. The van der Waals surface area contributed by atoms with E-state index in [0.29, 0.717) is 15.6 Å². The summed E-state index contributed by atoms with van der Waals surface area (Å²) in [6.07, 6.45) is 4.09. The van der Waals surface area contributed by atoms with Crippen LogP contribution in [0, 0.1) is 0 Å². The molecule has 1 aliphatic heterocycles. The van der Waals surface area contributed by atoms with Crippen LogP contribution in [-0.2, 0) is 19.5 Å². The molecule has 0 amide bonds. The predicted octanol–water partition coefficient (Wildman–Crippen LogP) is 4.59. The Kier molecular flexibility index (Phi) is 4.94. The molecule has 3 aromatic rings. The van der Waals surface area contributed by atoms with Gasteiger partial charge in [-0.3, -0.25) is 4.79 Å². The number of halogens is 2. The van der Waals surface area contributed by atoms with Crippen molar-refractivity contribution < 1.29 is 14.1 Å². The number of carbonyl (C=O) groups excluding carboxylic acids is 1. The molecule has 4 nitrogen and oxygen atoms in total. The first-order valence-corrected chi connectivity index (χ1v) is 9.57. The molecule has 2 heterocycles. The third kappa shape index (κ3) is 3.47. The Hall–Kier alpha value is -2.30. The van der Waals surface area contributed by atoms with Crippen LogP contribution in [0.2, 0.25) is 10.0 Å². The first-order valence-electron chi connectivity index (χ1n) is 8.81. The molecular formula is C21H19Cl2N2O2+. The van der Waals surface area contributed by atoms with Crippen LogP contribution in [0.3, 0.4) is 0 Å². The Labute approximate surface area is 167 Å². The van der Waals surface area contributed by atoms with Crippen LogP contribution in [0.4, 0.5) is 0 Å². The first-order chi connectivity index (χ1) is 13.1. The van der Waals surface area contributed by atoms with Gasteiger partial charge in [0, 0.05) is 16.1 Å². The van der Waals surface area contributed by atoms with E-state index in [2.05, 4.69) is 10.8 Å². The van der Waals surface area contributed by atoms with E-state index in [0.717, 1.165) is 36.4 Å². The van der Waals surface area contributed by atoms with Gasteiger partial charge < -0.3 is 4.74 Å². The maximum atomic E-state index is 12.8. The second-order valence-corrected chi connectivity index (χ2v) is 7.43. The van der Waals surface area contributed by atoms with Gasteiger partial charge in [-0.25, -0.2) is 9.13 Å². The molecule has 0 N–H and O–H groups in total. The van der Waals surface area contributed by atoms with Crippen molar-refractivity contribution in [3.05, 3.63) is 70.1 Å². The number of fused-ring (bicyclic) bond motifs is 1. The maximum Gasteiger partial charge on any atom is 0.257 e. The minimum atomic E-state index is -0.0248. The largest absolute Gasteiger partial charge is 0.497 e. The minimum Gasteiger partial charge on any atom is -0.497 e. The van der Waals surface area contributed by atoms with E-state index in [9.17, 15) is 4.79 Å². The van der Waals surface area contributed by atoms with Gasteiger partial charge in [-0.2, -0.15) is 0 Å². The van der Waals surface area contributed by atoms with Gasteiger partial charge in [-0.05, 0) is 48.9 Å². The van der Waals surface area contributed by atoms with E-state index in [-0.39, 0.29) is 12.3 Å². The number of methoxy groups -OCH3 is 1. The van der Waals surface area contributed by atoms with Gasteiger partial charge in [0.25, 0.3) is 5.82 Å². The van der Waals surface area contributed by atoms with Gasteiger partial charge in [-0.1, -0.05) is 23.2 Å². The fourth-order valence-corrected chi connectivity index (χ4v) is 4.11. The first kappa shape index (κ1) is 18.1. The number of imidazole rings is 1. The molecule has 0 spiro atoms. The van der Waals surface area contributed by atoms with Crippen LogP contribution in [0.5, 0.6) is 5.75 Å². The average molecular weight is 402 g/mol. The quantitative estimate of drug-likeness (QED) is 0.462. The van der Waals surface area contributed by atoms with Crippen molar-refractivity contribution in [2.45, 2.75) is 25.9 Å². The van der Waals surface area contributed by atoms with E-state index < -0.39 is 0 Å². The molecule has 6 heteroatoms. The summed E-state index contributed by atoms with van der Waals surface area (Å²) in [7, 11) is 1.66. The number of carbonyl (C=O) groups is 1. The Bertz CT molecular complexity index is 1010. The highest BCUT2D eigenvalue weighted by Gasteiger charge is 2.30. The van der Waals surface area contributed by atoms with Gasteiger partial charge >= 0.3 is 0 Å². The number of benzene rings is 2. The Morgan fingerprint density at radius 3 is 2.67 bits per heavy atom. The Morgan fingerprint density at radius 1 is 1.19 bits per heavy atom. The predicted molar refractivity (Wildman–Crippen MR) is 106 cm³/mol. The van der Waals surface area contributed by atoms with Crippen LogP contribution in [-0.4, -0.2) is 17.5 Å². The molecule has 0 saturated carbocycles. The van der Waals surface area contributed by atoms with E-state index in [1.807, 2.05) is 28.8 Å². The summed E-state index contributed by atoms with van der Waals surface area (Å²) in [4.78, 5) is 12.8. The molecule has 0 atom stereocenters. The topological polar surface area (TPSA) is 35.1 Å². The van der Waals surface area contributed by atoms with Crippen molar-refractivity contribution >= 4 is 29.0 Å². The van der Waals surface area contributed by atoms with Gasteiger partial charge in [0.1, 0.15) is 11.9 Å². The van der Waals surface area contributed by atoms with Gasteiger partial charge in [0.2, 0.25) is 5.78 Å². The summed E-state index contributed by atoms with van der Waals surface area (Å²) in [5.74, 6) is 1.97. The molecule has 0 fully saturated rings. The highest BCUT2D eigenvalue weighted by Crippen LogP contribution is 2.27. The monoisotopic (exact) mass is 401 g/mol. The van der Waals surface area contributed by atoms with Crippen molar-refractivity contribution in [1.29, 1.82) is 0 Å². The number of nitrogens with zero attached hydrogens (tertiary/aromatic N) is 2. The molecule has 1 aromatic heterocycles. The van der Waals surface area contributed by atoms with Crippen molar-refractivity contribution in [2.24, 2.45) is 0 Å². The third-order valence-corrected chi connectivity index (χ3v) is 5.47. The standard InChI is InChI=1S/C21H19Cl2N2O2/c1-27-16-7-4-14(5-8-16)19-12-24(21-3-2-10-25(19)21)13-20(26)17-9-6-15(22)11-18(17)23/h4-9,11-12H,2-3,10,13H2,1H3/q+1. The smallest absolute Gasteiger partial charge is 0.257 e. The average Bonchev–Trinajstić information content (AvgIpc) is 3.25. The lowest BCUT2D eigenvalue weighted by Crippen LogP contribution is -2.40. The minimum absolute atomic E-state index is 0.0248. The van der Waals surface area contributed by atoms with Gasteiger partial charge in [-0.15, -0.1) is 0 Å². The summed E-state index contributed by atoms with van der Waals surface area (Å²) in [5.41, 5.74) is 2.72. The zero-order valence-electron chi connectivity index (χ0n) is 14.9. The summed E-state index contributed by atoms with van der Waals surface area (Å²) < 4.78 is 9.58. The molecule has 4 rings (SSSR count). The van der Waals surface area contributed by atoms with Crippen molar-refractivity contribution in [1.82, 2.24) is 4.57 Å². The summed E-state index contributed by atoms with van der Waals surface area (Å²) in [6.45, 7) is 1.21. The molecule has 1 aliphatic rings. The second-order valence-electron chi connectivity index (χ2n) is 6.59. The fraction of sp³-hybridized carbons (Fsp3) is 0.238. The van der Waals surface area contributed by atoms with Crippen molar-refractivity contribution in [3.63, 3.8) is 0 Å². The zero-order valence-corrected chi connectivity index (χ0v) is 16.4. The highest BCUT2D eigenvalue weighted by molar-refractivity contribution is 6.36. The Morgan fingerprint density at radius 2 is 1.96 bits per heavy atom. The Balaban J connectivity index is 1.66. The van der Waals surface area contributed by atoms with Crippen LogP contribution in [0.25, 0.3) is 11.3 Å². The van der Waals surface area contributed by atoms with Crippen LogP contribution in [0.15, 0.2) is 48.7 Å². The molecule has 2 aromatic carbocycles. The summed E-state index contributed by atoms with van der Waals surface area (Å²) >= 11 is 12.1. The van der Waals surface area contributed by atoms with Gasteiger partial charge in [0.15, 0.2) is 12.2 Å². The van der Waals surface area contributed by atoms with E-state index in [1.165, 1.54) is 5.82 Å². The molecule has 138 valence electrons. The number of ketones is 1. The third-order valence-electron chi connectivity index (χ3n) is 4.93. The lowest BCUT2D eigenvalue weighted by molar-refractivity contribution is -0.689. The normalized spacial score (nSPS) is 12.9. The number of aromatic nitrogens is 2. The zero-order chi connectivity index (χ0) is 19.0. The van der Waals surface area contributed by atoms with E-state index in [4.69, 9.17) is 27.9 Å². The summed E-state index contributed by atoms with van der Waals surface area (Å²) in [6, 6.07) is 13.0. The van der Waals surface area contributed by atoms with Crippen molar-refractivity contribution in [2.75, 3.05) is 7.11 Å². The number of rotatable bonds is 5. The molecule has 0 aliphatic carbocycles.